The molecule has 2 fully saturated rings. The van der Waals surface area contributed by atoms with Gasteiger partial charge in [0.25, 0.3) is 5.91 Å². The van der Waals surface area contributed by atoms with Crippen LogP contribution in [0.5, 0.6) is 0 Å². The molecule has 144 valence electrons. The second-order valence-corrected chi connectivity index (χ2v) is 7.32. The molecule has 5 rings (SSSR count). The summed E-state index contributed by atoms with van der Waals surface area (Å²) in [5.74, 6) is 1.16. The lowest BCUT2D eigenvalue weighted by Gasteiger charge is -2.32. The number of aromatic nitrogens is 3. The molecule has 0 N–H and O–H groups in total. The highest BCUT2D eigenvalue weighted by Gasteiger charge is 2.28. The lowest BCUT2D eigenvalue weighted by atomic mass is 10.2. The molecule has 5 heterocycles. The Kier molecular flexibility index (Phi) is 4.44. The fraction of sp³-hybridized carbons (Fsp3) is 0.381. The Hall–Kier alpha value is -2.93. The van der Waals surface area contributed by atoms with Gasteiger partial charge in [0.1, 0.15) is 17.6 Å². The van der Waals surface area contributed by atoms with Crippen LogP contribution in [0.25, 0.3) is 5.65 Å². The van der Waals surface area contributed by atoms with E-state index in [1.165, 1.54) is 18.7 Å². The molecule has 28 heavy (non-hydrogen) atoms. The molecule has 0 saturated carbocycles. The average molecular weight is 377 g/mol. The van der Waals surface area contributed by atoms with E-state index in [0.717, 1.165) is 24.4 Å². The van der Waals surface area contributed by atoms with Crippen molar-refractivity contribution in [1.82, 2.24) is 19.3 Å². The number of pyridine rings is 2. The second-order valence-electron chi connectivity index (χ2n) is 7.32. The minimum Gasteiger partial charge on any atom is -0.368 e. The van der Waals surface area contributed by atoms with Crippen molar-refractivity contribution in [3.63, 3.8) is 0 Å². The van der Waals surface area contributed by atoms with E-state index in [9.17, 15) is 4.79 Å². The van der Waals surface area contributed by atoms with Gasteiger partial charge in [0, 0.05) is 38.2 Å². The van der Waals surface area contributed by atoms with Gasteiger partial charge in [-0.05, 0) is 37.1 Å². The van der Waals surface area contributed by atoms with Crippen molar-refractivity contribution in [1.29, 1.82) is 0 Å². The molecule has 2 aliphatic heterocycles. The van der Waals surface area contributed by atoms with Crippen LogP contribution in [0, 0.1) is 0 Å². The van der Waals surface area contributed by atoms with E-state index in [1.54, 1.807) is 24.5 Å². The Balaban J connectivity index is 1.40. The van der Waals surface area contributed by atoms with E-state index in [0.29, 0.717) is 25.3 Å². The number of fused-ring (bicyclic) bond motifs is 1. The van der Waals surface area contributed by atoms with Crippen LogP contribution in [-0.2, 0) is 4.74 Å². The minimum absolute atomic E-state index is 0.0112. The largest absolute Gasteiger partial charge is 0.368 e. The lowest BCUT2D eigenvalue weighted by Crippen LogP contribution is -2.42. The van der Waals surface area contributed by atoms with Crippen LogP contribution in [-0.4, -0.2) is 58.0 Å². The first-order valence-corrected chi connectivity index (χ1v) is 9.83. The summed E-state index contributed by atoms with van der Waals surface area (Å²) in [5, 5.41) is 0. The lowest BCUT2D eigenvalue weighted by molar-refractivity contribution is -0.0245. The molecule has 2 aliphatic rings. The van der Waals surface area contributed by atoms with Crippen LogP contribution in [0.2, 0.25) is 0 Å². The number of ether oxygens (including phenoxy) is 1. The molecule has 3 aromatic rings. The quantitative estimate of drug-likeness (QED) is 0.702. The predicted octanol–water partition coefficient (Wildman–Crippen LogP) is 2.54. The van der Waals surface area contributed by atoms with Gasteiger partial charge in [-0.1, -0.05) is 6.07 Å². The van der Waals surface area contributed by atoms with Gasteiger partial charge in [0.05, 0.1) is 24.4 Å². The number of hydrogen-bond acceptors (Lipinski definition) is 5. The number of amides is 1. The fourth-order valence-electron chi connectivity index (χ4n) is 4.06. The van der Waals surface area contributed by atoms with Crippen LogP contribution in [0.4, 0.5) is 5.82 Å². The zero-order valence-corrected chi connectivity index (χ0v) is 15.7. The van der Waals surface area contributed by atoms with Crippen LogP contribution in [0.1, 0.15) is 35.0 Å². The highest BCUT2D eigenvalue weighted by Crippen LogP contribution is 2.27. The Bertz CT molecular complexity index is 981. The third-order valence-electron chi connectivity index (χ3n) is 5.51. The highest BCUT2D eigenvalue weighted by atomic mass is 16.5. The van der Waals surface area contributed by atoms with E-state index in [1.807, 2.05) is 11.0 Å². The molecule has 0 unspecified atom stereocenters. The van der Waals surface area contributed by atoms with Gasteiger partial charge in [0.15, 0.2) is 0 Å². The van der Waals surface area contributed by atoms with Gasteiger partial charge in [-0.25, -0.2) is 4.98 Å². The molecule has 7 nitrogen and oxygen atoms in total. The summed E-state index contributed by atoms with van der Waals surface area (Å²) in [5.41, 5.74) is 2.39. The summed E-state index contributed by atoms with van der Waals surface area (Å²) in [6.45, 7) is 3.75. The van der Waals surface area contributed by atoms with Gasteiger partial charge in [-0.15, -0.1) is 0 Å². The number of hydrogen-bond donors (Lipinski definition) is 0. The first kappa shape index (κ1) is 17.2. The Morgan fingerprint density at radius 3 is 2.82 bits per heavy atom. The number of nitrogens with zero attached hydrogens (tertiary/aromatic N) is 5. The fourth-order valence-corrected chi connectivity index (χ4v) is 4.06. The molecule has 0 bridgehead atoms. The summed E-state index contributed by atoms with van der Waals surface area (Å²) < 4.78 is 8.12. The molecule has 3 aromatic heterocycles. The van der Waals surface area contributed by atoms with Crippen LogP contribution in [0.15, 0.2) is 48.9 Å². The molecule has 1 amide bonds. The minimum atomic E-state index is -0.222. The first-order chi connectivity index (χ1) is 13.8. The van der Waals surface area contributed by atoms with Crippen LogP contribution < -0.4 is 4.90 Å². The normalized spacial score (nSPS) is 20.1. The topological polar surface area (TPSA) is 63.0 Å². The Labute approximate surface area is 163 Å². The van der Waals surface area contributed by atoms with Crippen molar-refractivity contribution in [2.75, 3.05) is 37.7 Å². The maximum atomic E-state index is 12.8. The van der Waals surface area contributed by atoms with Gasteiger partial charge in [-0.2, -0.15) is 0 Å². The van der Waals surface area contributed by atoms with Gasteiger partial charge < -0.3 is 14.5 Å². The monoisotopic (exact) mass is 377 g/mol. The Morgan fingerprint density at radius 1 is 1.11 bits per heavy atom. The molecule has 0 aliphatic carbocycles. The number of imidazole rings is 1. The standard InChI is InChI=1S/C21H23N5O2/c27-21(16-5-4-8-22-13-16)25-11-12-28-18(15-25)17-14-26-19(23-17)6-3-7-20(26)24-9-1-2-10-24/h3-8,13-14,18H,1-2,9-12,15H2/t18-/m0/s1. The number of morpholine rings is 1. The summed E-state index contributed by atoms with van der Waals surface area (Å²) in [7, 11) is 0. The van der Waals surface area contributed by atoms with Crippen molar-refractivity contribution in [3.8, 4) is 0 Å². The molecule has 0 radical (unpaired) electrons. The number of anilines is 1. The number of carbonyl (C=O) groups is 1. The first-order valence-electron chi connectivity index (χ1n) is 9.83. The maximum absolute atomic E-state index is 12.8. The van der Waals surface area contributed by atoms with Crippen LogP contribution in [0.3, 0.4) is 0 Å². The van der Waals surface area contributed by atoms with Gasteiger partial charge in [-0.3, -0.25) is 14.2 Å². The summed E-state index contributed by atoms with van der Waals surface area (Å²) in [6, 6.07) is 9.80. The molecular formula is C21H23N5O2. The van der Waals surface area contributed by atoms with Crippen molar-refractivity contribution in [2.45, 2.75) is 18.9 Å². The van der Waals surface area contributed by atoms with Crippen LogP contribution >= 0.6 is 0 Å². The zero-order valence-electron chi connectivity index (χ0n) is 15.7. The van der Waals surface area contributed by atoms with Crippen molar-refractivity contribution in [3.05, 3.63) is 60.2 Å². The average Bonchev–Trinajstić information content (AvgIpc) is 3.43. The van der Waals surface area contributed by atoms with E-state index >= 15 is 0 Å². The van der Waals surface area contributed by atoms with Crippen molar-refractivity contribution >= 4 is 17.4 Å². The molecule has 7 heteroatoms. The third-order valence-corrected chi connectivity index (χ3v) is 5.51. The molecule has 0 spiro atoms. The second kappa shape index (κ2) is 7.24. The van der Waals surface area contributed by atoms with Gasteiger partial charge >= 0.3 is 0 Å². The van der Waals surface area contributed by atoms with E-state index < -0.39 is 0 Å². The number of carbonyl (C=O) groups excluding carboxylic acids is 1. The number of rotatable bonds is 3. The summed E-state index contributed by atoms with van der Waals surface area (Å²) in [4.78, 5) is 25.9. The van der Waals surface area contributed by atoms with Gasteiger partial charge in [0.2, 0.25) is 0 Å². The summed E-state index contributed by atoms with van der Waals surface area (Å²) >= 11 is 0. The smallest absolute Gasteiger partial charge is 0.255 e. The van der Waals surface area contributed by atoms with E-state index in [2.05, 4.69) is 32.6 Å². The SMILES string of the molecule is O=C(c1cccnc1)N1CCO[C@H](c2cn3c(N4CCCC4)cccc3n2)C1. The summed E-state index contributed by atoms with van der Waals surface area (Å²) in [6.07, 6.45) is 7.59. The maximum Gasteiger partial charge on any atom is 0.255 e. The molecule has 0 aromatic carbocycles. The zero-order chi connectivity index (χ0) is 18.9. The Morgan fingerprint density at radius 2 is 2.00 bits per heavy atom. The van der Waals surface area contributed by atoms with E-state index in [4.69, 9.17) is 9.72 Å². The predicted molar refractivity (Wildman–Crippen MR) is 105 cm³/mol. The highest BCUT2D eigenvalue weighted by molar-refractivity contribution is 5.93. The molecular weight excluding hydrogens is 354 g/mol. The van der Waals surface area contributed by atoms with E-state index in [-0.39, 0.29) is 12.0 Å². The molecule has 1 atom stereocenters. The van der Waals surface area contributed by atoms with Crippen molar-refractivity contribution < 1.29 is 9.53 Å². The molecule has 2 saturated heterocycles. The third kappa shape index (κ3) is 3.11. The van der Waals surface area contributed by atoms with Crippen molar-refractivity contribution in [2.24, 2.45) is 0 Å².